The predicted molar refractivity (Wildman–Crippen MR) is 316 cm³/mol. The molecule has 0 saturated carbocycles. The number of carbonyl (C=O) groups excluding carboxylic acids is 3. The van der Waals surface area contributed by atoms with Crippen LogP contribution in [0.2, 0.25) is 0 Å². The van der Waals surface area contributed by atoms with Gasteiger partial charge in [0.2, 0.25) is 0 Å². The zero-order chi connectivity index (χ0) is 52.9. The maximum Gasteiger partial charge on any atom is 0.306 e. The van der Waals surface area contributed by atoms with Crippen LogP contribution in [0.15, 0.2) is 72.9 Å². The van der Waals surface area contributed by atoms with Crippen LogP contribution in [0.5, 0.6) is 0 Å². The Morgan fingerprint density at radius 1 is 0.288 bits per heavy atom. The first-order valence-corrected chi connectivity index (χ1v) is 31.4. The van der Waals surface area contributed by atoms with Gasteiger partial charge in [0, 0.05) is 19.3 Å². The molecule has 0 aliphatic carbocycles. The second-order valence-electron chi connectivity index (χ2n) is 20.9. The Morgan fingerprint density at radius 3 is 0.904 bits per heavy atom. The van der Waals surface area contributed by atoms with Gasteiger partial charge in [0.15, 0.2) is 6.10 Å². The van der Waals surface area contributed by atoms with Crippen molar-refractivity contribution in [3.05, 3.63) is 72.9 Å². The molecule has 6 heteroatoms. The first-order chi connectivity index (χ1) is 36.0. The smallest absolute Gasteiger partial charge is 0.306 e. The highest BCUT2D eigenvalue weighted by Gasteiger charge is 2.19. The van der Waals surface area contributed by atoms with Crippen molar-refractivity contribution in [2.75, 3.05) is 13.2 Å². The van der Waals surface area contributed by atoms with Gasteiger partial charge in [-0.1, -0.05) is 286 Å². The summed E-state index contributed by atoms with van der Waals surface area (Å²) in [4.78, 5) is 38.2. The van der Waals surface area contributed by atoms with Gasteiger partial charge < -0.3 is 14.2 Å². The van der Waals surface area contributed by atoms with E-state index in [-0.39, 0.29) is 31.1 Å². The van der Waals surface area contributed by atoms with E-state index in [0.717, 1.165) is 109 Å². The van der Waals surface area contributed by atoms with Gasteiger partial charge in [0.05, 0.1) is 0 Å². The molecule has 0 bridgehead atoms. The average Bonchev–Trinajstić information content (AvgIpc) is 3.39. The lowest BCUT2D eigenvalue weighted by Crippen LogP contribution is -2.30. The molecule has 0 aliphatic rings. The van der Waals surface area contributed by atoms with Gasteiger partial charge in [-0.15, -0.1) is 0 Å². The fourth-order valence-electron chi connectivity index (χ4n) is 9.00. The van der Waals surface area contributed by atoms with E-state index in [9.17, 15) is 14.4 Å². The van der Waals surface area contributed by atoms with E-state index in [1.165, 1.54) is 167 Å². The third-order valence-corrected chi connectivity index (χ3v) is 13.7. The van der Waals surface area contributed by atoms with Crippen LogP contribution in [0, 0.1) is 0 Å². The average molecular weight is 1020 g/mol. The second kappa shape index (κ2) is 61.4. The van der Waals surface area contributed by atoms with Gasteiger partial charge in [0.25, 0.3) is 0 Å². The lowest BCUT2D eigenvalue weighted by Gasteiger charge is -2.18. The van der Waals surface area contributed by atoms with Gasteiger partial charge in [-0.25, -0.2) is 0 Å². The van der Waals surface area contributed by atoms with Crippen LogP contribution in [0.25, 0.3) is 0 Å². The van der Waals surface area contributed by atoms with Gasteiger partial charge >= 0.3 is 17.9 Å². The molecule has 0 aromatic carbocycles. The summed E-state index contributed by atoms with van der Waals surface area (Å²) in [7, 11) is 0. The van der Waals surface area contributed by atoms with Crippen molar-refractivity contribution < 1.29 is 28.6 Å². The minimum atomic E-state index is -0.782. The van der Waals surface area contributed by atoms with E-state index in [1.54, 1.807) is 0 Å². The van der Waals surface area contributed by atoms with E-state index < -0.39 is 6.10 Å². The number of hydrogen-bond donors (Lipinski definition) is 0. The molecule has 0 N–H and O–H groups in total. The molecule has 1 atom stereocenters. The molecular formula is C67H118O6. The molecule has 0 radical (unpaired) electrons. The summed E-state index contributed by atoms with van der Waals surface area (Å²) >= 11 is 0. The van der Waals surface area contributed by atoms with E-state index in [4.69, 9.17) is 14.2 Å². The highest BCUT2D eigenvalue weighted by molar-refractivity contribution is 5.71. The number of hydrogen-bond acceptors (Lipinski definition) is 6. The molecule has 0 heterocycles. The molecule has 0 amide bonds. The van der Waals surface area contributed by atoms with Crippen LogP contribution in [0.3, 0.4) is 0 Å². The quantitative estimate of drug-likeness (QED) is 0.0261. The lowest BCUT2D eigenvalue weighted by atomic mass is 10.0. The molecule has 1 unspecified atom stereocenters. The fourth-order valence-corrected chi connectivity index (χ4v) is 9.00. The minimum Gasteiger partial charge on any atom is -0.462 e. The zero-order valence-corrected chi connectivity index (χ0v) is 48.4. The van der Waals surface area contributed by atoms with Crippen LogP contribution in [-0.2, 0) is 28.6 Å². The lowest BCUT2D eigenvalue weighted by molar-refractivity contribution is -0.167. The van der Waals surface area contributed by atoms with Gasteiger partial charge in [-0.2, -0.15) is 0 Å². The number of rotatable bonds is 57. The number of unbranched alkanes of at least 4 members (excludes halogenated alkanes) is 34. The van der Waals surface area contributed by atoms with Crippen molar-refractivity contribution in [3.63, 3.8) is 0 Å². The predicted octanol–water partition coefficient (Wildman–Crippen LogP) is 21.3. The van der Waals surface area contributed by atoms with Crippen molar-refractivity contribution in [1.82, 2.24) is 0 Å². The van der Waals surface area contributed by atoms with Crippen molar-refractivity contribution in [2.45, 2.75) is 322 Å². The molecule has 422 valence electrons. The zero-order valence-electron chi connectivity index (χ0n) is 48.4. The topological polar surface area (TPSA) is 78.9 Å². The Morgan fingerprint density at radius 2 is 0.562 bits per heavy atom. The summed E-state index contributed by atoms with van der Waals surface area (Å²) in [5.74, 6) is -0.888. The maximum atomic E-state index is 12.9. The van der Waals surface area contributed by atoms with Crippen molar-refractivity contribution in [2.24, 2.45) is 0 Å². The summed E-state index contributed by atoms with van der Waals surface area (Å²) < 4.78 is 16.9. The van der Waals surface area contributed by atoms with Crippen LogP contribution >= 0.6 is 0 Å². The molecule has 0 aliphatic heterocycles. The Balaban J connectivity index is 4.26. The van der Waals surface area contributed by atoms with Crippen molar-refractivity contribution in [1.29, 1.82) is 0 Å². The Hall–Kier alpha value is -3.15. The van der Waals surface area contributed by atoms with E-state index >= 15 is 0 Å². The van der Waals surface area contributed by atoms with E-state index in [2.05, 4.69) is 93.7 Å². The highest BCUT2D eigenvalue weighted by atomic mass is 16.6. The van der Waals surface area contributed by atoms with E-state index in [1.807, 2.05) is 0 Å². The molecule has 6 nitrogen and oxygen atoms in total. The molecule has 0 aromatic heterocycles. The SMILES string of the molecule is CC/C=C\C/C=C\C/C=C\C/C=C\C/C=C\CCCCCCCCCC(=O)OCC(COC(=O)CCCCCCC/C=C\CCC)OC(=O)CCCCCCCCCCCCCCCCCCCCCCCC. The third-order valence-electron chi connectivity index (χ3n) is 13.7. The third kappa shape index (κ3) is 59.6. The molecule has 0 fully saturated rings. The second-order valence-corrected chi connectivity index (χ2v) is 20.9. The van der Waals surface area contributed by atoms with Crippen LogP contribution < -0.4 is 0 Å². The molecule has 73 heavy (non-hydrogen) atoms. The first-order valence-electron chi connectivity index (χ1n) is 31.4. The molecule has 0 spiro atoms. The minimum absolute atomic E-state index is 0.0810. The first kappa shape index (κ1) is 69.8. The number of esters is 3. The molecule has 0 rings (SSSR count). The Kier molecular flexibility index (Phi) is 58.7. The summed E-state index contributed by atoms with van der Waals surface area (Å²) in [5, 5.41) is 0. The monoisotopic (exact) mass is 1020 g/mol. The van der Waals surface area contributed by atoms with Gasteiger partial charge in [-0.05, 0) is 83.5 Å². The number of carbonyl (C=O) groups is 3. The van der Waals surface area contributed by atoms with Crippen LogP contribution in [-0.4, -0.2) is 37.2 Å². The van der Waals surface area contributed by atoms with Gasteiger partial charge in [-0.3, -0.25) is 14.4 Å². The molecule has 0 aromatic rings. The van der Waals surface area contributed by atoms with Crippen molar-refractivity contribution in [3.8, 4) is 0 Å². The number of allylic oxidation sites excluding steroid dienone is 12. The summed E-state index contributed by atoms with van der Waals surface area (Å²) in [5.41, 5.74) is 0. The van der Waals surface area contributed by atoms with Crippen LogP contribution in [0.1, 0.15) is 316 Å². The molecular weight excluding hydrogens is 901 g/mol. The number of ether oxygens (including phenoxy) is 3. The summed E-state index contributed by atoms with van der Waals surface area (Å²) in [6, 6.07) is 0. The Bertz CT molecular complexity index is 1360. The standard InChI is InChI=1S/C67H118O6/c1-4-7-10-13-16-19-22-24-26-28-30-32-34-36-37-39-41-43-45-48-51-54-57-60-66(69)72-63-64(62-71-65(68)59-56-53-50-47-21-18-15-12-9-6-3)73-67(70)61-58-55-52-49-46-44-42-40-38-35-33-31-29-27-25-23-20-17-14-11-8-5-2/h7,10,12,15-16,19,24,26,30,32,36-37,64H,4-6,8-9,11,13-14,17-18,20-23,25,27-29,31,33-35,38-63H2,1-3H3/b10-7-,15-12-,19-16-,26-24-,32-30-,37-36-. The molecule has 0 saturated heterocycles. The van der Waals surface area contributed by atoms with Gasteiger partial charge in [0.1, 0.15) is 13.2 Å². The van der Waals surface area contributed by atoms with E-state index in [0.29, 0.717) is 19.3 Å². The highest BCUT2D eigenvalue weighted by Crippen LogP contribution is 2.17. The van der Waals surface area contributed by atoms with Crippen LogP contribution in [0.4, 0.5) is 0 Å². The maximum absolute atomic E-state index is 12.9. The normalized spacial score (nSPS) is 12.5. The largest absolute Gasteiger partial charge is 0.462 e. The summed E-state index contributed by atoms with van der Waals surface area (Å²) in [6.07, 6.45) is 79.2. The van der Waals surface area contributed by atoms with Crippen molar-refractivity contribution >= 4 is 17.9 Å². The Labute approximate surface area is 453 Å². The fraction of sp³-hybridized carbons (Fsp3) is 0.776. The summed E-state index contributed by atoms with van der Waals surface area (Å²) in [6.45, 7) is 6.49.